The number of rotatable bonds is 2. The van der Waals surface area contributed by atoms with Crippen molar-refractivity contribution in [3.05, 3.63) is 71.1 Å². The molecule has 0 radical (unpaired) electrons. The number of aliphatic imine (C=N–C) groups is 1. The predicted molar refractivity (Wildman–Crippen MR) is 118 cm³/mol. The van der Waals surface area contributed by atoms with E-state index in [2.05, 4.69) is 4.99 Å². The minimum atomic E-state index is -0.908. The summed E-state index contributed by atoms with van der Waals surface area (Å²) in [7, 11) is 1.55. The second-order valence-corrected chi connectivity index (χ2v) is 7.56. The third-order valence-corrected chi connectivity index (χ3v) is 5.33. The van der Waals surface area contributed by atoms with Crippen LogP contribution < -0.4 is 14.2 Å². The fourth-order valence-corrected chi connectivity index (χ4v) is 3.71. The lowest BCUT2D eigenvalue weighted by Gasteiger charge is -2.19. The first-order valence-electron chi connectivity index (χ1n) is 10.2. The highest BCUT2D eigenvalue weighted by molar-refractivity contribution is 6.28. The van der Waals surface area contributed by atoms with Crippen LogP contribution in [0.5, 0.6) is 17.2 Å². The van der Waals surface area contributed by atoms with E-state index in [1.807, 2.05) is 0 Å². The Morgan fingerprint density at radius 2 is 1.79 bits per heavy atom. The Balaban J connectivity index is 1.56. The zero-order chi connectivity index (χ0) is 24.0. The number of esters is 1. The van der Waals surface area contributed by atoms with Gasteiger partial charge in [-0.15, -0.1) is 0 Å². The fourth-order valence-electron chi connectivity index (χ4n) is 3.71. The molecule has 3 aliphatic rings. The largest absolute Gasteiger partial charge is 0.454 e. The van der Waals surface area contributed by atoms with Crippen molar-refractivity contribution in [1.29, 1.82) is 0 Å². The van der Waals surface area contributed by atoms with Crippen LogP contribution in [0.2, 0.25) is 0 Å². The number of hydrogen-bond acceptors (Lipinski definition) is 7. The van der Waals surface area contributed by atoms with Gasteiger partial charge >= 0.3 is 5.97 Å². The summed E-state index contributed by atoms with van der Waals surface area (Å²) in [5, 5.41) is 0. The van der Waals surface area contributed by atoms with E-state index in [0.717, 1.165) is 11.1 Å². The first-order chi connectivity index (χ1) is 16.3. The molecule has 0 spiro atoms. The van der Waals surface area contributed by atoms with Crippen LogP contribution >= 0.6 is 0 Å². The Morgan fingerprint density at radius 3 is 2.59 bits per heavy atom. The van der Waals surface area contributed by atoms with E-state index in [1.54, 1.807) is 43.5 Å². The summed E-state index contributed by atoms with van der Waals surface area (Å²) in [6.45, 7) is 1.34. The van der Waals surface area contributed by atoms with Crippen molar-refractivity contribution in [1.82, 2.24) is 9.80 Å². The van der Waals surface area contributed by atoms with Crippen LogP contribution in [0, 0.1) is 0 Å². The van der Waals surface area contributed by atoms with Gasteiger partial charge in [-0.05, 0) is 35.9 Å². The molecule has 3 aliphatic heterocycles. The van der Waals surface area contributed by atoms with Gasteiger partial charge in [0.05, 0.1) is 5.56 Å². The molecule has 0 aliphatic carbocycles. The topological polar surface area (TPSA) is 115 Å². The van der Waals surface area contributed by atoms with E-state index in [9.17, 15) is 19.2 Å². The van der Waals surface area contributed by atoms with Gasteiger partial charge in [-0.3, -0.25) is 19.3 Å². The van der Waals surface area contributed by atoms with Gasteiger partial charge < -0.3 is 19.1 Å². The summed E-state index contributed by atoms with van der Waals surface area (Å²) < 4.78 is 15.9. The van der Waals surface area contributed by atoms with E-state index in [-0.39, 0.29) is 35.3 Å². The van der Waals surface area contributed by atoms with Gasteiger partial charge in [-0.1, -0.05) is 18.2 Å². The van der Waals surface area contributed by atoms with E-state index < -0.39 is 23.6 Å². The van der Waals surface area contributed by atoms with Gasteiger partial charge in [-0.2, -0.15) is 4.99 Å². The summed E-state index contributed by atoms with van der Waals surface area (Å²) in [5.74, 6) is -1.46. The Kier molecular flexibility index (Phi) is 4.97. The van der Waals surface area contributed by atoms with Crippen molar-refractivity contribution in [2.45, 2.75) is 6.92 Å². The molecule has 1 saturated heterocycles. The van der Waals surface area contributed by atoms with Crippen LogP contribution in [0.4, 0.5) is 0 Å². The molecule has 1 fully saturated rings. The molecule has 2 amide bonds. The molecule has 170 valence electrons. The number of hydrogen-bond donors (Lipinski definition) is 0. The lowest BCUT2D eigenvalue weighted by atomic mass is 10.0. The number of ketones is 1. The average molecular weight is 459 g/mol. The SMILES string of the molecule is CC(=O)N=C1N(C)C(=Cc2ccc3c(c2)OCO3)C(=O)N1C=C1C(=O)Oc2ccccc2C1=O. The standard InChI is InChI=1S/C24H17N3O7/c1-13(28)25-24-26(2)17(9-14-7-8-19-20(10-14)33-12-32-19)22(30)27(24)11-16-21(29)15-5-3-4-6-18(15)34-23(16)31/h3-11H,12H2,1-2H3. The maximum atomic E-state index is 13.3. The molecular weight excluding hydrogens is 442 g/mol. The number of amides is 2. The third kappa shape index (κ3) is 3.51. The Labute approximate surface area is 193 Å². The van der Waals surface area contributed by atoms with Crippen LogP contribution in [-0.4, -0.2) is 53.2 Å². The number of para-hydroxylation sites is 1. The molecule has 0 bridgehead atoms. The van der Waals surface area contributed by atoms with Crippen LogP contribution in [0.25, 0.3) is 6.08 Å². The molecule has 10 nitrogen and oxygen atoms in total. The summed E-state index contributed by atoms with van der Waals surface area (Å²) in [5.41, 5.74) is 0.626. The number of carbonyl (C=O) groups is 4. The molecular formula is C24H17N3O7. The van der Waals surface area contributed by atoms with Crippen LogP contribution in [0.1, 0.15) is 22.8 Å². The summed E-state index contributed by atoms with van der Waals surface area (Å²) >= 11 is 0. The Morgan fingerprint density at radius 1 is 1.03 bits per heavy atom. The van der Waals surface area contributed by atoms with Gasteiger partial charge in [-0.25, -0.2) is 4.79 Å². The van der Waals surface area contributed by atoms with Crippen molar-refractivity contribution in [3.63, 3.8) is 0 Å². The van der Waals surface area contributed by atoms with Crippen molar-refractivity contribution in [3.8, 4) is 17.2 Å². The van der Waals surface area contributed by atoms with Crippen molar-refractivity contribution in [2.75, 3.05) is 13.8 Å². The smallest absolute Gasteiger partial charge is 0.349 e. The molecule has 2 aromatic carbocycles. The molecule has 10 heteroatoms. The maximum absolute atomic E-state index is 13.3. The second-order valence-electron chi connectivity index (χ2n) is 7.56. The predicted octanol–water partition coefficient (Wildman–Crippen LogP) is 2.12. The number of nitrogens with zero attached hydrogens (tertiary/aromatic N) is 3. The zero-order valence-corrected chi connectivity index (χ0v) is 18.1. The first kappa shape index (κ1) is 21.1. The summed E-state index contributed by atoms with van der Waals surface area (Å²) in [4.78, 5) is 56.9. The minimum absolute atomic E-state index is 0.0588. The highest BCUT2D eigenvalue weighted by Crippen LogP contribution is 2.34. The molecule has 0 atom stereocenters. The Hall–Kier alpha value is -4.73. The average Bonchev–Trinajstić information content (AvgIpc) is 3.35. The van der Waals surface area contributed by atoms with E-state index >= 15 is 0 Å². The van der Waals surface area contributed by atoms with E-state index in [1.165, 1.54) is 24.0 Å². The third-order valence-electron chi connectivity index (χ3n) is 5.33. The normalized spacial score (nSPS) is 20.4. The minimum Gasteiger partial charge on any atom is -0.454 e. The summed E-state index contributed by atoms with van der Waals surface area (Å²) in [6, 6.07) is 11.5. The van der Waals surface area contributed by atoms with Gasteiger partial charge in [0.25, 0.3) is 5.91 Å². The lowest BCUT2D eigenvalue weighted by Crippen LogP contribution is -2.33. The number of ether oxygens (including phenoxy) is 3. The van der Waals surface area contributed by atoms with Crippen LogP contribution in [0.15, 0.2) is 64.9 Å². The number of guanidine groups is 1. The highest BCUT2D eigenvalue weighted by atomic mass is 16.7. The quantitative estimate of drug-likeness (QED) is 0.290. The number of likely N-dealkylation sites (N-methyl/N-ethyl adjacent to an activating group) is 1. The van der Waals surface area contributed by atoms with Crippen molar-refractivity contribution >= 4 is 35.6 Å². The summed E-state index contributed by atoms with van der Waals surface area (Å²) in [6.07, 6.45) is 2.64. The van der Waals surface area contributed by atoms with Crippen molar-refractivity contribution < 1.29 is 33.4 Å². The number of Topliss-reactive ketones (excluding diaryl/α,β-unsaturated/α-hetero) is 1. The monoisotopic (exact) mass is 459 g/mol. The molecule has 0 saturated carbocycles. The number of carbonyl (C=O) groups excluding carboxylic acids is 4. The second kappa shape index (κ2) is 8.00. The van der Waals surface area contributed by atoms with Gasteiger partial charge in [0.2, 0.25) is 24.4 Å². The Bertz CT molecular complexity index is 1370. The number of benzene rings is 2. The molecule has 0 N–H and O–H groups in total. The van der Waals surface area contributed by atoms with Gasteiger partial charge in [0, 0.05) is 20.2 Å². The molecule has 0 unspecified atom stereocenters. The molecule has 5 rings (SSSR count). The molecule has 2 aromatic rings. The highest BCUT2D eigenvalue weighted by Gasteiger charge is 2.39. The van der Waals surface area contributed by atoms with Gasteiger partial charge in [0.15, 0.2) is 11.5 Å². The molecule has 3 heterocycles. The molecule has 0 aromatic heterocycles. The lowest BCUT2D eigenvalue weighted by molar-refractivity contribution is -0.130. The van der Waals surface area contributed by atoms with Crippen LogP contribution in [0.3, 0.4) is 0 Å². The van der Waals surface area contributed by atoms with E-state index in [4.69, 9.17) is 14.2 Å². The van der Waals surface area contributed by atoms with E-state index in [0.29, 0.717) is 17.1 Å². The van der Waals surface area contributed by atoms with Gasteiger partial charge in [0.1, 0.15) is 17.0 Å². The number of fused-ring (bicyclic) bond motifs is 2. The molecule has 34 heavy (non-hydrogen) atoms. The first-order valence-corrected chi connectivity index (χ1v) is 10.2. The van der Waals surface area contributed by atoms with Crippen molar-refractivity contribution in [2.24, 2.45) is 4.99 Å². The maximum Gasteiger partial charge on any atom is 0.349 e. The fraction of sp³-hybridized carbons (Fsp3) is 0.125. The zero-order valence-electron chi connectivity index (χ0n) is 18.1. The van der Waals surface area contributed by atoms with Crippen LogP contribution in [-0.2, 0) is 14.4 Å².